The Hall–Kier alpha value is -2.44. The van der Waals surface area contributed by atoms with Crippen LogP contribution >= 0.6 is 11.3 Å². The molecular weight excluding hydrogens is 370 g/mol. The first-order valence-electron chi connectivity index (χ1n) is 9.69. The van der Waals surface area contributed by atoms with Crippen molar-refractivity contribution in [2.24, 2.45) is 0 Å². The molecular formula is C22H25N3O2S. The molecule has 5 nitrogen and oxygen atoms in total. The molecule has 0 saturated heterocycles. The van der Waals surface area contributed by atoms with E-state index >= 15 is 0 Å². The number of benzene rings is 1. The zero-order valence-electron chi connectivity index (χ0n) is 16.3. The van der Waals surface area contributed by atoms with Crippen molar-refractivity contribution in [1.29, 1.82) is 0 Å². The molecule has 1 aliphatic rings. The molecule has 6 heteroatoms. The molecule has 0 bridgehead atoms. The van der Waals surface area contributed by atoms with Crippen LogP contribution in [0.1, 0.15) is 45.4 Å². The van der Waals surface area contributed by atoms with E-state index in [9.17, 15) is 4.79 Å². The van der Waals surface area contributed by atoms with Gasteiger partial charge in [0.15, 0.2) is 11.5 Å². The Bertz CT molecular complexity index is 947. The van der Waals surface area contributed by atoms with Crippen molar-refractivity contribution in [3.8, 4) is 11.3 Å². The van der Waals surface area contributed by atoms with E-state index in [2.05, 4.69) is 45.0 Å². The van der Waals surface area contributed by atoms with Crippen LogP contribution in [-0.2, 0) is 12.8 Å². The molecule has 28 heavy (non-hydrogen) atoms. The number of aryl methyl sites for hydroxylation is 2. The summed E-state index contributed by atoms with van der Waals surface area (Å²) in [6, 6.07) is 12.4. The van der Waals surface area contributed by atoms with Gasteiger partial charge in [0.25, 0.3) is 5.91 Å². The summed E-state index contributed by atoms with van der Waals surface area (Å²) in [6.45, 7) is 0.521. The topological polar surface area (TPSA) is 58.4 Å². The van der Waals surface area contributed by atoms with Crippen molar-refractivity contribution < 1.29 is 9.32 Å². The Kier molecular flexibility index (Phi) is 5.59. The Morgan fingerprint density at radius 1 is 1.21 bits per heavy atom. The van der Waals surface area contributed by atoms with Crippen LogP contribution in [0.5, 0.6) is 0 Å². The summed E-state index contributed by atoms with van der Waals surface area (Å²) in [7, 11) is 4.03. The van der Waals surface area contributed by atoms with Crippen molar-refractivity contribution in [2.75, 3.05) is 20.6 Å². The maximum Gasteiger partial charge on any atom is 0.273 e. The van der Waals surface area contributed by atoms with Gasteiger partial charge in [-0.15, -0.1) is 11.3 Å². The predicted molar refractivity (Wildman–Crippen MR) is 112 cm³/mol. The number of rotatable bonds is 6. The molecule has 0 saturated carbocycles. The van der Waals surface area contributed by atoms with E-state index in [0.717, 1.165) is 18.4 Å². The van der Waals surface area contributed by atoms with Gasteiger partial charge in [0.1, 0.15) is 0 Å². The zero-order chi connectivity index (χ0) is 19.5. The summed E-state index contributed by atoms with van der Waals surface area (Å²) in [5.41, 5.74) is 4.11. The van der Waals surface area contributed by atoms with E-state index in [0.29, 0.717) is 18.0 Å². The first kappa shape index (κ1) is 18.9. The summed E-state index contributed by atoms with van der Waals surface area (Å²) < 4.78 is 5.47. The van der Waals surface area contributed by atoms with Crippen LogP contribution in [0, 0.1) is 0 Å². The van der Waals surface area contributed by atoms with E-state index in [1.54, 1.807) is 17.4 Å². The third kappa shape index (κ3) is 4.03. The molecule has 2 aromatic heterocycles. The molecule has 2 heterocycles. The number of carbonyl (C=O) groups excluding carboxylic acids is 1. The monoisotopic (exact) mass is 395 g/mol. The highest BCUT2D eigenvalue weighted by molar-refractivity contribution is 7.10. The number of likely N-dealkylation sites (N-methyl/N-ethyl adjacent to an activating group) is 1. The Labute approximate surface area is 169 Å². The number of hydrogen-bond acceptors (Lipinski definition) is 5. The lowest BCUT2D eigenvalue weighted by Gasteiger charge is -2.23. The number of thiophene rings is 1. The average molecular weight is 396 g/mol. The molecule has 1 atom stereocenters. The van der Waals surface area contributed by atoms with Crippen molar-refractivity contribution in [3.05, 3.63) is 63.5 Å². The minimum Gasteiger partial charge on any atom is -0.355 e. The quantitative estimate of drug-likeness (QED) is 0.675. The van der Waals surface area contributed by atoms with Crippen LogP contribution in [0.15, 0.2) is 46.3 Å². The average Bonchev–Trinajstić information content (AvgIpc) is 3.40. The maximum absolute atomic E-state index is 12.6. The van der Waals surface area contributed by atoms with Crippen molar-refractivity contribution in [1.82, 2.24) is 15.4 Å². The minimum absolute atomic E-state index is 0.135. The molecule has 146 valence electrons. The number of aromatic nitrogens is 1. The van der Waals surface area contributed by atoms with Gasteiger partial charge in [-0.3, -0.25) is 4.79 Å². The second-order valence-electron chi connectivity index (χ2n) is 7.47. The maximum atomic E-state index is 12.6. The largest absolute Gasteiger partial charge is 0.355 e. The van der Waals surface area contributed by atoms with Gasteiger partial charge in [-0.1, -0.05) is 23.4 Å². The van der Waals surface area contributed by atoms with Crippen LogP contribution < -0.4 is 5.32 Å². The number of carbonyl (C=O) groups is 1. The number of nitrogens with one attached hydrogen (secondary N) is 1. The summed E-state index contributed by atoms with van der Waals surface area (Å²) in [6.07, 6.45) is 4.76. The molecule has 1 aliphatic carbocycles. The molecule has 4 rings (SSSR count). The summed E-state index contributed by atoms with van der Waals surface area (Å²) in [5.74, 6) is 0.428. The molecule has 0 radical (unpaired) electrons. The molecule has 1 N–H and O–H groups in total. The van der Waals surface area contributed by atoms with Crippen LogP contribution in [0.25, 0.3) is 11.3 Å². The third-order valence-corrected chi connectivity index (χ3v) is 6.30. The smallest absolute Gasteiger partial charge is 0.273 e. The van der Waals surface area contributed by atoms with E-state index in [1.807, 2.05) is 20.2 Å². The normalized spacial score (nSPS) is 14.7. The lowest BCUT2D eigenvalue weighted by atomic mass is 9.90. The second kappa shape index (κ2) is 8.29. The highest BCUT2D eigenvalue weighted by atomic mass is 32.1. The summed E-state index contributed by atoms with van der Waals surface area (Å²) >= 11 is 1.69. The van der Waals surface area contributed by atoms with Crippen molar-refractivity contribution in [3.63, 3.8) is 0 Å². The number of nitrogens with zero attached hydrogens (tertiary/aromatic N) is 2. The van der Waals surface area contributed by atoms with E-state index in [-0.39, 0.29) is 11.9 Å². The minimum atomic E-state index is -0.212. The van der Waals surface area contributed by atoms with Crippen molar-refractivity contribution >= 4 is 17.2 Å². The fourth-order valence-corrected chi connectivity index (χ4v) is 4.63. The number of amides is 1. The van der Waals surface area contributed by atoms with Gasteiger partial charge >= 0.3 is 0 Å². The zero-order valence-corrected chi connectivity index (χ0v) is 17.1. The molecule has 0 fully saturated rings. The number of fused-ring (bicyclic) bond motifs is 1. The highest BCUT2D eigenvalue weighted by Crippen LogP contribution is 2.28. The van der Waals surface area contributed by atoms with Gasteiger partial charge in [-0.05, 0) is 68.4 Å². The van der Waals surface area contributed by atoms with E-state index in [4.69, 9.17) is 4.52 Å². The summed E-state index contributed by atoms with van der Waals surface area (Å²) in [5, 5.41) is 9.03. The van der Waals surface area contributed by atoms with Gasteiger partial charge in [0.2, 0.25) is 0 Å². The molecule has 3 aromatic rings. The van der Waals surface area contributed by atoms with Crippen molar-refractivity contribution in [2.45, 2.75) is 31.7 Å². The molecule has 1 amide bonds. The van der Waals surface area contributed by atoms with E-state index < -0.39 is 0 Å². The Balaban J connectivity index is 1.44. The Morgan fingerprint density at radius 2 is 2.04 bits per heavy atom. The fraction of sp³-hybridized carbons (Fsp3) is 0.364. The van der Waals surface area contributed by atoms with Gasteiger partial charge in [0, 0.05) is 23.1 Å². The second-order valence-corrected chi connectivity index (χ2v) is 8.45. The molecule has 1 unspecified atom stereocenters. The van der Waals surface area contributed by atoms with Crippen LogP contribution in [0.4, 0.5) is 0 Å². The van der Waals surface area contributed by atoms with Gasteiger partial charge < -0.3 is 14.7 Å². The Morgan fingerprint density at radius 3 is 2.79 bits per heavy atom. The predicted octanol–water partition coefficient (Wildman–Crippen LogP) is 4.31. The van der Waals surface area contributed by atoms with Crippen LogP contribution in [0.2, 0.25) is 0 Å². The van der Waals surface area contributed by atoms with Crippen LogP contribution in [-0.4, -0.2) is 36.6 Å². The standard InChI is InChI=1S/C22H25N3O2S/c1-25(2)19(21-8-5-11-28-21)14-23-22(26)18-13-20(27-24-18)17-10-9-15-6-3-4-7-16(15)12-17/h5,8-13,19H,3-4,6-7,14H2,1-2H3,(H,23,26). The first-order valence-corrected chi connectivity index (χ1v) is 10.6. The lowest BCUT2D eigenvalue weighted by molar-refractivity contribution is 0.0933. The molecule has 0 spiro atoms. The first-order chi connectivity index (χ1) is 13.6. The SMILES string of the molecule is CN(C)C(CNC(=O)c1cc(-c2ccc3c(c2)CCCC3)on1)c1cccs1. The highest BCUT2D eigenvalue weighted by Gasteiger charge is 2.19. The lowest BCUT2D eigenvalue weighted by Crippen LogP contribution is -2.34. The van der Waals surface area contributed by atoms with Gasteiger partial charge in [0.05, 0.1) is 6.04 Å². The van der Waals surface area contributed by atoms with E-state index in [1.165, 1.54) is 28.8 Å². The summed E-state index contributed by atoms with van der Waals surface area (Å²) in [4.78, 5) is 15.9. The van der Waals surface area contributed by atoms with Gasteiger partial charge in [-0.2, -0.15) is 0 Å². The van der Waals surface area contributed by atoms with Crippen LogP contribution in [0.3, 0.4) is 0 Å². The number of hydrogen-bond donors (Lipinski definition) is 1. The molecule has 1 aromatic carbocycles. The molecule has 0 aliphatic heterocycles. The fourth-order valence-electron chi connectivity index (χ4n) is 3.70. The van der Waals surface area contributed by atoms with Gasteiger partial charge in [-0.25, -0.2) is 0 Å². The third-order valence-electron chi connectivity index (χ3n) is 5.33.